The number of aliphatic hydroxyl groups is 1. The second kappa shape index (κ2) is 2.98. The minimum atomic E-state index is -0.368. The van der Waals surface area contributed by atoms with Crippen LogP contribution in [0, 0.1) is 10.8 Å². The van der Waals surface area contributed by atoms with Crippen LogP contribution in [-0.4, -0.2) is 10.7 Å². The summed E-state index contributed by atoms with van der Waals surface area (Å²) >= 11 is 0. The Morgan fingerprint density at radius 1 is 1.00 bits per heavy atom. The molecule has 1 N–H and O–H groups in total. The maximum absolute atomic E-state index is 11.0. The third-order valence-electron chi connectivity index (χ3n) is 5.29. The molecule has 2 rings (SSSR count). The molecule has 0 spiro atoms. The number of fused-ring (bicyclic) bond motifs is 2. The highest BCUT2D eigenvalue weighted by Crippen LogP contribution is 2.65. The van der Waals surface area contributed by atoms with E-state index in [1.807, 2.05) is 0 Å². The minimum absolute atomic E-state index is 0.218. The fourth-order valence-corrected chi connectivity index (χ4v) is 4.19. The first-order valence-electron chi connectivity index (χ1n) is 6.20. The Kier molecular flexibility index (Phi) is 2.23. The highest BCUT2D eigenvalue weighted by atomic mass is 16.3. The molecule has 2 aliphatic rings. The van der Waals surface area contributed by atoms with Gasteiger partial charge in [0.05, 0.1) is 5.60 Å². The van der Waals surface area contributed by atoms with E-state index in [0.717, 1.165) is 12.8 Å². The van der Waals surface area contributed by atoms with E-state index < -0.39 is 0 Å². The fourth-order valence-electron chi connectivity index (χ4n) is 4.19. The van der Waals surface area contributed by atoms with Crippen molar-refractivity contribution >= 4 is 0 Å². The summed E-state index contributed by atoms with van der Waals surface area (Å²) in [7, 11) is 0. The molecule has 1 nitrogen and oxygen atoms in total. The van der Waals surface area contributed by atoms with Gasteiger partial charge in [-0.15, -0.1) is 0 Å². The molecule has 14 heavy (non-hydrogen) atoms. The van der Waals surface area contributed by atoms with E-state index in [2.05, 4.69) is 20.8 Å². The normalized spacial score (nSPS) is 52.3. The molecule has 0 aromatic carbocycles. The zero-order valence-corrected chi connectivity index (χ0v) is 9.90. The van der Waals surface area contributed by atoms with Gasteiger partial charge in [-0.25, -0.2) is 0 Å². The molecule has 2 atom stereocenters. The van der Waals surface area contributed by atoms with E-state index >= 15 is 0 Å². The van der Waals surface area contributed by atoms with Crippen LogP contribution in [0.25, 0.3) is 0 Å². The van der Waals surface area contributed by atoms with Crippen molar-refractivity contribution in [1.29, 1.82) is 0 Å². The molecule has 2 bridgehead atoms. The first kappa shape index (κ1) is 10.5. The van der Waals surface area contributed by atoms with Crippen molar-refractivity contribution in [2.75, 3.05) is 0 Å². The minimum Gasteiger partial charge on any atom is -0.389 e. The molecule has 0 amide bonds. The number of hydrogen-bond donors (Lipinski definition) is 1. The molecule has 0 aromatic rings. The van der Waals surface area contributed by atoms with Gasteiger partial charge in [-0.3, -0.25) is 0 Å². The zero-order chi connectivity index (χ0) is 10.4. The molecule has 2 saturated carbocycles. The van der Waals surface area contributed by atoms with Crippen molar-refractivity contribution in [1.82, 2.24) is 0 Å². The average Bonchev–Trinajstić information content (AvgIpc) is 2.26. The van der Waals surface area contributed by atoms with E-state index in [4.69, 9.17) is 0 Å². The smallest absolute Gasteiger partial charge is 0.0754 e. The average molecular weight is 196 g/mol. The lowest BCUT2D eigenvalue weighted by Gasteiger charge is -2.52. The van der Waals surface area contributed by atoms with E-state index in [0.29, 0.717) is 0 Å². The Labute approximate surface area is 87.9 Å². The molecule has 0 radical (unpaired) electrons. The van der Waals surface area contributed by atoms with Crippen LogP contribution in [0.5, 0.6) is 0 Å². The largest absolute Gasteiger partial charge is 0.389 e. The van der Waals surface area contributed by atoms with Crippen LogP contribution in [0.3, 0.4) is 0 Å². The summed E-state index contributed by atoms with van der Waals surface area (Å²) < 4.78 is 0. The van der Waals surface area contributed by atoms with E-state index in [9.17, 15) is 5.11 Å². The molecular weight excluding hydrogens is 172 g/mol. The van der Waals surface area contributed by atoms with Crippen LogP contribution in [0.2, 0.25) is 0 Å². The quantitative estimate of drug-likeness (QED) is 0.716. The van der Waals surface area contributed by atoms with Gasteiger partial charge in [-0.1, -0.05) is 33.6 Å². The maximum atomic E-state index is 11.0. The molecule has 82 valence electrons. The first-order valence-corrected chi connectivity index (χ1v) is 6.20. The number of hydrogen-bond acceptors (Lipinski definition) is 1. The van der Waals surface area contributed by atoms with Gasteiger partial charge in [0.2, 0.25) is 0 Å². The first-order chi connectivity index (χ1) is 6.47. The second-order valence-corrected chi connectivity index (χ2v) is 6.09. The summed E-state index contributed by atoms with van der Waals surface area (Å²) in [6, 6.07) is 0. The molecule has 2 aliphatic carbocycles. The predicted octanol–water partition coefficient (Wildman–Crippen LogP) is 3.51. The van der Waals surface area contributed by atoms with Gasteiger partial charge in [0.15, 0.2) is 0 Å². The monoisotopic (exact) mass is 196 g/mol. The van der Waals surface area contributed by atoms with Crippen LogP contribution < -0.4 is 0 Å². The summed E-state index contributed by atoms with van der Waals surface area (Å²) in [5, 5.41) is 11.0. The van der Waals surface area contributed by atoms with Gasteiger partial charge >= 0.3 is 0 Å². The molecule has 0 aliphatic heterocycles. The van der Waals surface area contributed by atoms with Gasteiger partial charge in [0.1, 0.15) is 0 Å². The Morgan fingerprint density at radius 3 is 1.93 bits per heavy atom. The van der Waals surface area contributed by atoms with Crippen molar-refractivity contribution < 1.29 is 5.11 Å². The van der Waals surface area contributed by atoms with E-state index in [-0.39, 0.29) is 16.4 Å². The van der Waals surface area contributed by atoms with Gasteiger partial charge in [-0.05, 0) is 42.9 Å². The van der Waals surface area contributed by atoms with Gasteiger partial charge in [0, 0.05) is 0 Å². The van der Waals surface area contributed by atoms with Crippen molar-refractivity contribution in [2.45, 2.75) is 71.3 Å². The summed E-state index contributed by atoms with van der Waals surface area (Å²) in [6.07, 6.45) is 8.37. The standard InChI is InChI=1S/C13H24O/c1-4-6-13(14)11(2)7-5-8-12(13,3)10-9-11/h14H,4-10H2,1-3H3. The number of rotatable bonds is 2. The lowest BCUT2D eigenvalue weighted by atomic mass is 9.57. The Balaban J connectivity index is 2.36. The molecule has 0 aromatic heterocycles. The van der Waals surface area contributed by atoms with Gasteiger partial charge in [-0.2, -0.15) is 0 Å². The van der Waals surface area contributed by atoms with Gasteiger partial charge in [0.25, 0.3) is 0 Å². The molecule has 2 unspecified atom stereocenters. The summed E-state index contributed by atoms with van der Waals surface area (Å²) in [5.74, 6) is 0. The molecule has 2 fully saturated rings. The second-order valence-electron chi connectivity index (χ2n) is 6.09. The van der Waals surface area contributed by atoms with Crippen LogP contribution in [0.15, 0.2) is 0 Å². The summed E-state index contributed by atoms with van der Waals surface area (Å²) in [5.41, 5.74) is 0.0685. The highest BCUT2D eigenvalue weighted by molar-refractivity contribution is 5.14. The Hall–Kier alpha value is -0.0400. The third-order valence-corrected chi connectivity index (χ3v) is 5.29. The zero-order valence-electron chi connectivity index (χ0n) is 9.90. The molecule has 0 heterocycles. The topological polar surface area (TPSA) is 20.2 Å². The Morgan fingerprint density at radius 2 is 1.50 bits per heavy atom. The van der Waals surface area contributed by atoms with Crippen molar-refractivity contribution in [3.05, 3.63) is 0 Å². The molecule has 1 heteroatoms. The predicted molar refractivity (Wildman–Crippen MR) is 59.2 cm³/mol. The SMILES string of the molecule is CCCC1(O)C2(C)CCCC1(C)CC2. The van der Waals surface area contributed by atoms with Crippen LogP contribution in [-0.2, 0) is 0 Å². The third kappa shape index (κ3) is 1.05. The lowest BCUT2D eigenvalue weighted by molar-refractivity contribution is -0.154. The van der Waals surface area contributed by atoms with E-state index in [1.165, 1.54) is 32.1 Å². The van der Waals surface area contributed by atoms with Crippen LogP contribution in [0.1, 0.15) is 65.7 Å². The lowest BCUT2D eigenvalue weighted by Crippen LogP contribution is -2.54. The van der Waals surface area contributed by atoms with Crippen molar-refractivity contribution in [3.63, 3.8) is 0 Å². The molecule has 0 saturated heterocycles. The van der Waals surface area contributed by atoms with E-state index in [1.54, 1.807) is 0 Å². The Bertz CT molecular complexity index is 217. The van der Waals surface area contributed by atoms with Crippen LogP contribution >= 0.6 is 0 Å². The maximum Gasteiger partial charge on any atom is 0.0754 e. The molecular formula is C13H24O. The van der Waals surface area contributed by atoms with Crippen molar-refractivity contribution in [2.24, 2.45) is 10.8 Å². The van der Waals surface area contributed by atoms with Crippen LogP contribution in [0.4, 0.5) is 0 Å². The summed E-state index contributed by atoms with van der Waals surface area (Å²) in [4.78, 5) is 0. The highest BCUT2D eigenvalue weighted by Gasteiger charge is 2.63. The van der Waals surface area contributed by atoms with Crippen molar-refractivity contribution in [3.8, 4) is 0 Å². The van der Waals surface area contributed by atoms with Gasteiger partial charge < -0.3 is 5.11 Å². The summed E-state index contributed by atoms with van der Waals surface area (Å²) in [6.45, 7) is 6.82. The fraction of sp³-hybridized carbons (Fsp3) is 1.00.